The van der Waals surface area contributed by atoms with Crippen LogP contribution in [0.15, 0.2) is 65.7 Å². The van der Waals surface area contributed by atoms with Crippen molar-refractivity contribution in [1.82, 2.24) is 9.97 Å². The second kappa shape index (κ2) is 8.91. The number of ether oxygens (including phenoxy) is 1. The third kappa shape index (κ3) is 5.32. The highest BCUT2D eigenvalue weighted by Crippen LogP contribution is 2.20. The number of nitrogens with zero attached hydrogens (tertiary/aromatic N) is 2. The number of rotatable bonds is 7. The molecular weight excluding hydrogens is 404 g/mol. The molecule has 0 saturated carbocycles. The number of benzene rings is 2. The number of hydrogen-bond donors (Lipinski definition) is 2. The molecule has 2 aromatic carbocycles. The van der Waals surface area contributed by atoms with Gasteiger partial charge in [0.25, 0.3) is 15.9 Å². The molecule has 3 aromatic rings. The smallest absolute Gasteiger partial charge is 0.265 e. The summed E-state index contributed by atoms with van der Waals surface area (Å²) in [6.45, 7) is 5.28. The molecule has 0 fully saturated rings. The number of aromatic nitrogens is 2. The van der Waals surface area contributed by atoms with Crippen molar-refractivity contribution in [1.29, 1.82) is 0 Å². The number of nitrogens with one attached hydrogen (secondary N) is 2. The van der Waals surface area contributed by atoms with Gasteiger partial charge in [0, 0.05) is 17.6 Å². The Balaban J connectivity index is 1.65. The Hall–Kier alpha value is -3.46. The average molecular weight is 426 g/mol. The van der Waals surface area contributed by atoms with Crippen molar-refractivity contribution in [3.8, 4) is 5.75 Å². The molecule has 0 bridgehead atoms. The van der Waals surface area contributed by atoms with E-state index >= 15 is 0 Å². The summed E-state index contributed by atoms with van der Waals surface area (Å²) in [5.74, 6) is 0.278. The normalized spacial score (nSPS) is 12.1. The van der Waals surface area contributed by atoms with Gasteiger partial charge in [-0.05, 0) is 62.7 Å². The first-order valence-electron chi connectivity index (χ1n) is 9.20. The molecule has 3 rings (SSSR count). The highest BCUT2D eigenvalue weighted by Gasteiger charge is 2.18. The molecule has 1 aromatic heterocycles. The standard InChI is InChI=1S/C21H22N4O4S/c1-14-6-4-5-7-19(14)29-16(3)20(26)24-17-8-10-18(11-9-17)30(27,28)25-21-22-13-12-15(2)23-21/h4-13,16H,1-3H3,(H,24,26)(H,22,23,25)/t16-/m0/s1. The third-order valence-corrected chi connectivity index (χ3v) is 5.56. The Morgan fingerprint density at radius 2 is 1.73 bits per heavy atom. The van der Waals surface area contributed by atoms with E-state index < -0.39 is 16.1 Å². The van der Waals surface area contributed by atoms with Crippen molar-refractivity contribution in [3.63, 3.8) is 0 Å². The van der Waals surface area contributed by atoms with Gasteiger partial charge in [-0.2, -0.15) is 0 Å². The molecular formula is C21H22N4O4S. The van der Waals surface area contributed by atoms with E-state index in [9.17, 15) is 13.2 Å². The zero-order valence-electron chi connectivity index (χ0n) is 16.8. The van der Waals surface area contributed by atoms with Crippen molar-refractivity contribution in [2.75, 3.05) is 10.0 Å². The van der Waals surface area contributed by atoms with Crippen molar-refractivity contribution in [3.05, 3.63) is 72.1 Å². The first-order valence-corrected chi connectivity index (χ1v) is 10.7. The number of para-hydroxylation sites is 1. The van der Waals surface area contributed by atoms with Gasteiger partial charge in [-0.15, -0.1) is 0 Å². The maximum Gasteiger partial charge on any atom is 0.265 e. The Labute approximate surface area is 175 Å². The predicted molar refractivity (Wildman–Crippen MR) is 114 cm³/mol. The Kier molecular flexibility index (Phi) is 6.31. The summed E-state index contributed by atoms with van der Waals surface area (Å²) >= 11 is 0. The molecule has 8 nitrogen and oxygen atoms in total. The minimum atomic E-state index is -3.85. The van der Waals surface area contributed by atoms with Crippen LogP contribution >= 0.6 is 0 Å². The van der Waals surface area contributed by atoms with Crippen LogP contribution in [0.2, 0.25) is 0 Å². The van der Waals surface area contributed by atoms with E-state index in [4.69, 9.17) is 4.74 Å². The summed E-state index contributed by atoms with van der Waals surface area (Å²) in [4.78, 5) is 20.3. The predicted octanol–water partition coefficient (Wildman–Crippen LogP) is 3.30. The van der Waals surface area contributed by atoms with Crippen LogP contribution in [0.3, 0.4) is 0 Å². The van der Waals surface area contributed by atoms with E-state index in [0.717, 1.165) is 5.56 Å². The van der Waals surface area contributed by atoms with Crippen LogP contribution in [0.1, 0.15) is 18.2 Å². The van der Waals surface area contributed by atoms with Gasteiger partial charge in [-0.1, -0.05) is 18.2 Å². The number of aryl methyl sites for hydroxylation is 2. The lowest BCUT2D eigenvalue weighted by atomic mass is 10.2. The molecule has 1 atom stereocenters. The van der Waals surface area contributed by atoms with Gasteiger partial charge in [-0.25, -0.2) is 23.1 Å². The number of carbonyl (C=O) groups excluding carboxylic acids is 1. The lowest BCUT2D eigenvalue weighted by Gasteiger charge is -2.16. The Bertz CT molecular complexity index is 1150. The highest BCUT2D eigenvalue weighted by molar-refractivity contribution is 7.92. The summed E-state index contributed by atoms with van der Waals surface area (Å²) in [6.07, 6.45) is 0.744. The summed E-state index contributed by atoms with van der Waals surface area (Å²) < 4.78 is 33.0. The quantitative estimate of drug-likeness (QED) is 0.600. The molecule has 0 aliphatic heterocycles. The molecule has 9 heteroatoms. The monoisotopic (exact) mass is 426 g/mol. The van der Waals surface area contributed by atoms with Crippen LogP contribution < -0.4 is 14.8 Å². The minimum Gasteiger partial charge on any atom is -0.481 e. The van der Waals surface area contributed by atoms with Gasteiger partial charge in [0.2, 0.25) is 5.95 Å². The molecule has 0 unspecified atom stereocenters. The number of hydrogen-bond acceptors (Lipinski definition) is 6. The molecule has 0 radical (unpaired) electrons. The molecule has 30 heavy (non-hydrogen) atoms. The molecule has 1 heterocycles. The van der Waals surface area contributed by atoms with Crippen molar-refractivity contribution in [2.24, 2.45) is 0 Å². The van der Waals surface area contributed by atoms with Crippen molar-refractivity contribution in [2.45, 2.75) is 31.8 Å². The van der Waals surface area contributed by atoms with E-state index in [2.05, 4.69) is 20.0 Å². The van der Waals surface area contributed by atoms with Crippen LogP contribution in [-0.4, -0.2) is 30.4 Å². The maximum absolute atomic E-state index is 12.5. The summed E-state index contributed by atoms with van der Waals surface area (Å²) in [5.41, 5.74) is 2.02. The molecule has 0 spiro atoms. The number of anilines is 2. The number of carbonyl (C=O) groups is 1. The minimum absolute atomic E-state index is 0.00504. The van der Waals surface area contributed by atoms with Gasteiger partial charge in [-0.3, -0.25) is 4.79 Å². The first kappa shape index (κ1) is 21.3. The van der Waals surface area contributed by atoms with Crippen LogP contribution in [0, 0.1) is 13.8 Å². The van der Waals surface area contributed by atoms with Gasteiger partial charge in [0.05, 0.1) is 4.90 Å². The molecule has 2 N–H and O–H groups in total. The van der Waals surface area contributed by atoms with Crippen LogP contribution in [0.5, 0.6) is 5.75 Å². The molecule has 0 aliphatic rings. The fourth-order valence-corrected chi connectivity index (χ4v) is 3.52. The third-order valence-electron chi connectivity index (χ3n) is 4.22. The molecule has 156 valence electrons. The van der Waals surface area contributed by atoms with Crippen molar-refractivity contribution >= 4 is 27.6 Å². The SMILES string of the molecule is Cc1ccnc(NS(=O)(=O)c2ccc(NC(=O)[C@H](C)Oc3ccccc3C)cc2)n1. The number of sulfonamides is 1. The van der Waals surface area contributed by atoms with Crippen molar-refractivity contribution < 1.29 is 17.9 Å². The average Bonchev–Trinajstić information content (AvgIpc) is 2.70. The summed E-state index contributed by atoms with van der Waals surface area (Å²) in [7, 11) is -3.85. The van der Waals surface area contributed by atoms with Crippen LogP contribution in [0.25, 0.3) is 0 Å². The maximum atomic E-state index is 12.5. The fraction of sp³-hybridized carbons (Fsp3) is 0.190. The second-order valence-electron chi connectivity index (χ2n) is 6.67. The second-order valence-corrected chi connectivity index (χ2v) is 8.35. The van der Waals surface area contributed by atoms with Gasteiger partial charge in [0.1, 0.15) is 5.75 Å². The van der Waals surface area contributed by atoms with E-state index in [-0.39, 0.29) is 16.8 Å². The van der Waals surface area contributed by atoms with Gasteiger partial charge >= 0.3 is 0 Å². The Morgan fingerprint density at radius 3 is 2.40 bits per heavy atom. The zero-order chi connectivity index (χ0) is 21.7. The fourth-order valence-electron chi connectivity index (χ4n) is 2.57. The van der Waals surface area contributed by atoms with Crippen LogP contribution in [0.4, 0.5) is 11.6 Å². The lowest BCUT2D eigenvalue weighted by molar-refractivity contribution is -0.122. The topological polar surface area (TPSA) is 110 Å². The lowest BCUT2D eigenvalue weighted by Crippen LogP contribution is -2.30. The van der Waals surface area contributed by atoms with E-state index in [1.807, 2.05) is 25.1 Å². The molecule has 0 aliphatic carbocycles. The molecule has 1 amide bonds. The van der Waals surface area contributed by atoms with Gasteiger partial charge < -0.3 is 10.1 Å². The first-order chi connectivity index (χ1) is 14.2. The Morgan fingerprint density at radius 1 is 1.03 bits per heavy atom. The van der Waals surface area contributed by atoms with E-state index in [0.29, 0.717) is 17.1 Å². The largest absolute Gasteiger partial charge is 0.481 e. The van der Waals surface area contributed by atoms with Gasteiger partial charge in [0.15, 0.2) is 6.10 Å². The summed E-state index contributed by atoms with van der Waals surface area (Å²) in [5, 5.41) is 2.71. The molecule has 0 saturated heterocycles. The highest BCUT2D eigenvalue weighted by atomic mass is 32.2. The summed E-state index contributed by atoms with van der Waals surface area (Å²) in [6, 6.07) is 14.9. The van der Waals surface area contributed by atoms with E-state index in [1.54, 1.807) is 26.0 Å². The van der Waals surface area contributed by atoms with Crippen LogP contribution in [-0.2, 0) is 14.8 Å². The number of amides is 1. The van der Waals surface area contributed by atoms with E-state index in [1.165, 1.54) is 30.5 Å². The zero-order valence-corrected chi connectivity index (χ0v) is 17.6.